The third-order valence-electron chi connectivity index (χ3n) is 4.24. The predicted octanol–water partition coefficient (Wildman–Crippen LogP) is 2.81. The smallest absolute Gasteiger partial charge is 0.0434 e. The first-order valence-electron chi connectivity index (χ1n) is 7.09. The summed E-state index contributed by atoms with van der Waals surface area (Å²) in [6.07, 6.45) is 7.80. The van der Waals surface area contributed by atoms with Crippen molar-refractivity contribution in [1.29, 1.82) is 0 Å². The Morgan fingerprint density at radius 3 is 2.69 bits per heavy atom. The van der Waals surface area contributed by atoms with E-state index < -0.39 is 0 Å². The summed E-state index contributed by atoms with van der Waals surface area (Å²) < 4.78 is 0. The summed E-state index contributed by atoms with van der Waals surface area (Å²) in [4.78, 5) is 0. The molecule has 1 saturated carbocycles. The summed E-state index contributed by atoms with van der Waals surface area (Å²) >= 11 is 0. The number of rotatable bonds is 7. The Balaban J connectivity index is 2.13. The van der Waals surface area contributed by atoms with Gasteiger partial charge in [-0.05, 0) is 43.7 Å². The molecule has 1 rings (SSSR count). The van der Waals surface area contributed by atoms with Crippen LogP contribution in [0.2, 0.25) is 0 Å². The van der Waals surface area contributed by atoms with Crippen LogP contribution in [0, 0.1) is 17.8 Å². The van der Waals surface area contributed by atoms with Crippen molar-refractivity contribution < 1.29 is 5.11 Å². The van der Waals surface area contributed by atoms with Gasteiger partial charge in [0.2, 0.25) is 0 Å². The third-order valence-corrected chi connectivity index (χ3v) is 4.24. The quantitative estimate of drug-likeness (QED) is 0.701. The van der Waals surface area contributed by atoms with Crippen LogP contribution in [0.5, 0.6) is 0 Å². The summed E-state index contributed by atoms with van der Waals surface area (Å²) in [6.45, 7) is 7.21. The number of nitrogens with one attached hydrogen (secondary N) is 1. The molecule has 96 valence electrons. The Kier molecular flexibility index (Phi) is 7.06. The van der Waals surface area contributed by atoms with Crippen molar-refractivity contribution in [2.24, 2.45) is 17.8 Å². The second kappa shape index (κ2) is 8.08. The van der Waals surface area contributed by atoms with Gasteiger partial charge in [0, 0.05) is 6.61 Å². The first-order chi connectivity index (χ1) is 7.77. The lowest BCUT2D eigenvalue weighted by atomic mass is 9.80. The fourth-order valence-corrected chi connectivity index (χ4v) is 2.80. The normalized spacial score (nSPS) is 27.9. The maximum Gasteiger partial charge on any atom is 0.0434 e. The van der Waals surface area contributed by atoms with Crippen LogP contribution in [0.4, 0.5) is 0 Å². The highest BCUT2D eigenvalue weighted by Gasteiger charge is 2.20. The summed E-state index contributed by atoms with van der Waals surface area (Å²) in [6, 6.07) is 0. The number of hydrogen-bond donors (Lipinski definition) is 2. The van der Waals surface area contributed by atoms with Gasteiger partial charge in [-0.2, -0.15) is 0 Å². The van der Waals surface area contributed by atoms with E-state index in [1.165, 1.54) is 38.6 Å². The first kappa shape index (κ1) is 14.0. The van der Waals surface area contributed by atoms with Crippen molar-refractivity contribution in [3.05, 3.63) is 0 Å². The Hall–Kier alpha value is -0.0800. The lowest BCUT2D eigenvalue weighted by Crippen LogP contribution is -2.32. The van der Waals surface area contributed by atoms with E-state index in [1.54, 1.807) is 0 Å². The van der Waals surface area contributed by atoms with E-state index in [0.29, 0.717) is 12.5 Å². The van der Waals surface area contributed by atoms with Crippen LogP contribution in [-0.4, -0.2) is 24.8 Å². The molecule has 2 N–H and O–H groups in total. The summed E-state index contributed by atoms with van der Waals surface area (Å²) in [7, 11) is 0. The van der Waals surface area contributed by atoms with Crippen molar-refractivity contribution >= 4 is 0 Å². The van der Waals surface area contributed by atoms with Crippen LogP contribution in [0.25, 0.3) is 0 Å². The van der Waals surface area contributed by atoms with Gasteiger partial charge in [-0.1, -0.05) is 39.5 Å². The lowest BCUT2D eigenvalue weighted by molar-refractivity contribution is 0.229. The lowest BCUT2D eigenvalue weighted by Gasteiger charge is -2.29. The van der Waals surface area contributed by atoms with Gasteiger partial charge in [-0.3, -0.25) is 0 Å². The van der Waals surface area contributed by atoms with E-state index in [4.69, 9.17) is 5.11 Å². The summed E-state index contributed by atoms with van der Waals surface area (Å²) in [5, 5.41) is 12.5. The van der Waals surface area contributed by atoms with Crippen molar-refractivity contribution in [2.75, 3.05) is 19.7 Å². The Labute approximate surface area is 101 Å². The molecule has 1 aliphatic carbocycles. The molecule has 0 aliphatic heterocycles. The molecule has 0 spiro atoms. The van der Waals surface area contributed by atoms with Crippen LogP contribution < -0.4 is 5.32 Å². The van der Waals surface area contributed by atoms with Crippen molar-refractivity contribution in [2.45, 2.75) is 52.4 Å². The SMILES string of the molecule is CCC(CCO)CNCC1CCCCC1C. The molecule has 2 nitrogen and oxygen atoms in total. The zero-order chi connectivity index (χ0) is 11.8. The minimum absolute atomic E-state index is 0.333. The van der Waals surface area contributed by atoms with E-state index in [2.05, 4.69) is 19.2 Å². The first-order valence-corrected chi connectivity index (χ1v) is 7.09. The molecule has 1 fully saturated rings. The maximum absolute atomic E-state index is 8.93. The van der Waals surface area contributed by atoms with Crippen LogP contribution in [0.15, 0.2) is 0 Å². The van der Waals surface area contributed by atoms with E-state index >= 15 is 0 Å². The summed E-state index contributed by atoms with van der Waals surface area (Å²) in [5.41, 5.74) is 0. The molecular formula is C14H29NO. The largest absolute Gasteiger partial charge is 0.396 e. The number of hydrogen-bond acceptors (Lipinski definition) is 2. The van der Waals surface area contributed by atoms with E-state index in [1.807, 2.05) is 0 Å². The standard InChI is InChI=1S/C14H29NO/c1-3-13(8-9-16)10-15-11-14-7-5-4-6-12(14)2/h12-16H,3-11H2,1-2H3. The van der Waals surface area contributed by atoms with Crippen LogP contribution in [0.1, 0.15) is 52.4 Å². The monoisotopic (exact) mass is 227 g/mol. The second-order valence-electron chi connectivity index (χ2n) is 5.47. The third kappa shape index (κ3) is 4.84. The van der Waals surface area contributed by atoms with Crippen molar-refractivity contribution in [3.63, 3.8) is 0 Å². The Bertz CT molecular complexity index is 172. The number of aliphatic hydroxyl groups is 1. The average molecular weight is 227 g/mol. The van der Waals surface area contributed by atoms with Gasteiger partial charge < -0.3 is 10.4 Å². The van der Waals surface area contributed by atoms with E-state index in [-0.39, 0.29) is 0 Å². The fourth-order valence-electron chi connectivity index (χ4n) is 2.80. The van der Waals surface area contributed by atoms with Gasteiger partial charge in [-0.15, -0.1) is 0 Å². The van der Waals surface area contributed by atoms with Crippen LogP contribution >= 0.6 is 0 Å². The highest BCUT2D eigenvalue weighted by atomic mass is 16.3. The van der Waals surface area contributed by atoms with Crippen LogP contribution in [-0.2, 0) is 0 Å². The molecular weight excluding hydrogens is 198 g/mol. The van der Waals surface area contributed by atoms with Gasteiger partial charge in [0.05, 0.1) is 0 Å². The zero-order valence-electron chi connectivity index (χ0n) is 11.0. The van der Waals surface area contributed by atoms with E-state index in [9.17, 15) is 0 Å². The van der Waals surface area contributed by atoms with Crippen molar-refractivity contribution in [1.82, 2.24) is 5.32 Å². The second-order valence-corrected chi connectivity index (χ2v) is 5.47. The van der Waals surface area contributed by atoms with Gasteiger partial charge in [0.25, 0.3) is 0 Å². The molecule has 16 heavy (non-hydrogen) atoms. The van der Waals surface area contributed by atoms with Gasteiger partial charge in [0.15, 0.2) is 0 Å². The molecule has 0 heterocycles. The van der Waals surface area contributed by atoms with Gasteiger partial charge >= 0.3 is 0 Å². The Morgan fingerprint density at radius 1 is 1.31 bits per heavy atom. The molecule has 3 unspecified atom stereocenters. The topological polar surface area (TPSA) is 32.3 Å². The molecule has 1 aliphatic rings. The molecule has 2 heteroatoms. The van der Waals surface area contributed by atoms with E-state index in [0.717, 1.165) is 24.8 Å². The minimum Gasteiger partial charge on any atom is -0.396 e. The molecule has 0 radical (unpaired) electrons. The molecule has 0 amide bonds. The van der Waals surface area contributed by atoms with Gasteiger partial charge in [0.1, 0.15) is 0 Å². The molecule has 0 aromatic carbocycles. The Morgan fingerprint density at radius 2 is 2.06 bits per heavy atom. The maximum atomic E-state index is 8.93. The molecule has 0 aromatic rings. The van der Waals surface area contributed by atoms with Gasteiger partial charge in [-0.25, -0.2) is 0 Å². The fraction of sp³-hybridized carbons (Fsp3) is 1.00. The van der Waals surface area contributed by atoms with Crippen LogP contribution in [0.3, 0.4) is 0 Å². The van der Waals surface area contributed by atoms with Crippen molar-refractivity contribution in [3.8, 4) is 0 Å². The molecule has 3 atom stereocenters. The highest BCUT2D eigenvalue weighted by molar-refractivity contribution is 4.74. The predicted molar refractivity (Wildman–Crippen MR) is 69.5 cm³/mol. The average Bonchev–Trinajstić information content (AvgIpc) is 2.30. The zero-order valence-corrected chi connectivity index (χ0v) is 11.0. The molecule has 0 saturated heterocycles. The molecule has 0 aromatic heterocycles. The minimum atomic E-state index is 0.333. The highest BCUT2D eigenvalue weighted by Crippen LogP contribution is 2.28. The number of aliphatic hydroxyl groups excluding tert-OH is 1. The summed E-state index contributed by atoms with van der Waals surface area (Å²) in [5.74, 6) is 2.45. The molecule has 0 bridgehead atoms.